The molecule has 0 N–H and O–H groups in total. The molecule has 0 bridgehead atoms. The van der Waals surface area contributed by atoms with Crippen LogP contribution in [0.1, 0.15) is 32.5 Å². The van der Waals surface area contributed by atoms with Crippen molar-refractivity contribution in [1.29, 1.82) is 0 Å². The Morgan fingerprint density at radius 3 is 2.68 bits per heavy atom. The maximum absolute atomic E-state index is 4.91. The number of benzene rings is 2. The van der Waals surface area contributed by atoms with Gasteiger partial charge in [0, 0.05) is 31.2 Å². The summed E-state index contributed by atoms with van der Waals surface area (Å²) < 4.78 is 0. The molecule has 0 saturated heterocycles. The Morgan fingerprint density at radius 1 is 1.14 bits per heavy atom. The molecule has 2 aliphatic heterocycles. The maximum atomic E-state index is 4.91. The minimum Gasteiger partial charge on any atom is -0.661 e. The number of nitrogens with zero attached hydrogens (tertiary/aromatic N) is 3. The third-order valence-electron chi connectivity index (χ3n) is 3.90. The number of fused-ring (bicyclic) bond motifs is 5. The predicted molar refractivity (Wildman–Crippen MR) is 86.5 cm³/mol. The van der Waals surface area contributed by atoms with E-state index >= 15 is 0 Å². The van der Waals surface area contributed by atoms with Crippen LogP contribution in [0.3, 0.4) is 0 Å². The van der Waals surface area contributed by atoms with E-state index in [1.54, 1.807) is 0 Å². The van der Waals surface area contributed by atoms with Crippen LogP contribution >= 0.6 is 0 Å². The van der Waals surface area contributed by atoms with Gasteiger partial charge in [-0.15, -0.1) is 17.3 Å². The van der Waals surface area contributed by atoms with Crippen LogP contribution < -0.4 is 4.90 Å². The molecule has 0 spiro atoms. The Labute approximate surface area is 144 Å². The standard InChI is InChI=1S/C18H17N3.Ir/c1-18(2,3)17-20-13-9-5-4-8-12(13)16-19-14-10-6-7-11-15(14)21(16)17;/h4-7,9-11,16H,1-3H3;/q-2;. The van der Waals surface area contributed by atoms with Gasteiger partial charge in [0.25, 0.3) is 0 Å². The fraction of sp³-hybridized carbons (Fsp3) is 0.278. The van der Waals surface area contributed by atoms with E-state index in [0.29, 0.717) is 0 Å². The van der Waals surface area contributed by atoms with Gasteiger partial charge in [-0.1, -0.05) is 39.0 Å². The minimum atomic E-state index is -0.0429. The molecular weight excluding hydrogens is 450 g/mol. The van der Waals surface area contributed by atoms with Crippen molar-refractivity contribution in [2.45, 2.75) is 26.9 Å². The topological polar surface area (TPSA) is 29.7 Å². The van der Waals surface area contributed by atoms with E-state index in [1.165, 1.54) is 0 Å². The van der Waals surface area contributed by atoms with Crippen molar-refractivity contribution < 1.29 is 20.1 Å². The molecule has 0 amide bonds. The minimum absolute atomic E-state index is 0. The van der Waals surface area contributed by atoms with E-state index in [4.69, 9.17) is 10.3 Å². The van der Waals surface area contributed by atoms with Crippen molar-refractivity contribution in [2.75, 3.05) is 4.90 Å². The van der Waals surface area contributed by atoms with E-state index in [1.807, 2.05) is 24.3 Å². The Balaban J connectivity index is 0.00000144. The SMILES string of the molecule is CC(C)(C)C1=Nc2ccc[c-]c2C2[N-]c3ccccc3N12.[Ir]. The second kappa shape index (κ2) is 5.22. The van der Waals surface area contributed by atoms with Gasteiger partial charge in [-0.25, -0.2) is 0 Å². The van der Waals surface area contributed by atoms with Crippen LogP contribution in [0, 0.1) is 11.5 Å². The molecule has 2 aromatic carbocycles. The van der Waals surface area contributed by atoms with Crippen molar-refractivity contribution >= 4 is 22.9 Å². The van der Waals surface area contributed by atoms with E-state index in [9.17, 15) is 0 Å². The molecule has 2 heterocycles. The quantitative estimate of drug-likeness (QED) is 0.496. The molecule has 4 heteroatoms. The number of para-hydroxylation sites is 2. The number of anilines is 1. The second-order valence-corrected chi connectivity index (χ2v) is 6.52. The summed E-state index contributed by atoms with van der Waals surface area (Å²) in [7, 11) is 0. The molecule has 1 atom stereocenters. The third kappa shape index (κ3) is 2.18. The smallest absolute Gasteiger partial charge is 0.100 e. The molecule has 115 valence electrons. The maximum Gasteiger partial charge on any atom is 0.100 e. The Bertz CT molecular complexity index is 746. The molecule has 0 saturated carbocycles. The molecule has 0 aliphatic carbocycles. The summed E-state index contributed by atoms with van der Waals surface area (Å²) in [4.78, 5) is 7.17. The number of amidine groups is 1. The summed E-state index contributed by atoms with van der Waals surface area (Å²) in [6, 6.07) is 17.6. The zero-order valence-electron chi connectivity index (χ0n) is 12.8. The van der Waals surface area contributed by atoms with Crippen molar-refractivity contribution in [3.63, 3.8) is 0 Å². The van der Waals surface area contributed by atoms with Gasteiger partial charge in [-0.3, -0.25) is 0 Å². The normalized spacial score (nSPS) is 18.4. The molecule has 0 aromatic heterocycles. The average molecular weight is 468 g/mol. The van der Waals surface area contributed by atoms with Crippen molar-refractivity contribution in [2.24, 2.45) is 10.4 Å². The fourth-order valence-corrected chi connectivity index (χ4v) is 2.96. The summed E-state index contributed by atoms with van der Waals surface area (Å²) in [6.45, 7) is 6.59. The zero-order valence-corrected chi connectivity index (χ0v) is 15.2. The first-order chi connectivity index (χ1) is 10.1. The van der Waals surface area contributed by atoms with Gasteiger partial charge in [-0.2, -0.15) is 18.2 Å². The zero-order chi connectivity index (χ0) is 14.6. The Kier molecular flexibility index (Phi) is 3.62. The summed E-state index contributed by atoms with van der Waals surface area (Å²) in [5.74, 6) is 1.06. The number of hydrogen-bond donors (Lipinski definition) is 0. The molecule has 3 nitrogen and oxygen atoms in total. The van der Waals surface area contributed by atoms with Crippen molar-refractivity contribution in [3.8, 4) is 0 Å². The van der Waals surface area contributed by atoms with Gasteiger partial charge in [0.05, 0.1) is 0 Å². The summed E-state index contributed by atoms with van der Waals surface area (Å²) in [5.41, 5.74) is 4.17. The molecule has 4 rings (SSSR count). The van der Waals surface area contributed by atoms with Crippen LogP contribution in [0.15, 0.2) is 47.5 Å². The van der Waals surface area contributed by atoms with Crippen LogP contribution in [-0.2, 0) is 20.1 Å². The number of rotatable bonds is 0. The third-order valence-corrected chi connectivity index (χ3v) is 3.90. The average Bonchev–Trinajstić information content (AvgIpc) is 2.85. The van der Waals surface area contributed by atoms with Gasteiger partial charge < -0.3 is 15.2 Å². The van der Waals surface area contributed by atoms with Gasteiger partial charge in [0.2, 0.25) is 0 Å². The Morgan fingerprint density at radius 2 is 1.91 bits per heavy atom. The van der Waals surface area contributed by atoms with E-state index in [0.717, 1.165) is 28.5 Å². The number of aliphatic imine (C=N–C) groups is 1. The molecule has 2 aliphatic rings. The van der Waals surface area contributed by atoms with Crippen molar-refractivity contribution in [1.82, 2.24) is 0 Å². The fourth-order valence-electron chi connectivity index (χ4n) is 2.96. The first-order valence-corrected chi connectivity index (χ1v) is 7.24. The first-order valence-electron chi connectivity index (χ1n) is 7.24. The predicted octanol–water partition coefficient (Wildman–Crippen LogP) is 5.10. The van der Waals surface area contributed by atoms with E-state index in [-0.39, 0.29) is 31.7 Å². The van der Waals surface area contributed by atoms with E-state index in [2.05, 4.69) is 49.9 Å². The van der Waals surface area contributed by atoms with Crippen LogP contribution in [0.5, 0.6) is 0 Å². The Hall–Kier alpha value is -1.64. The largest absolute Gasteiger partial charge is 0.661 e. The molecule has 0 fully saturated rings. The monoisotopic (exact) mass is 468 g/mol. The van der Waals surface area contributed by atoms with Gasteiger partial charge in [-0.05, 0) is 17.9 Å². The molecular formula is C18H17IrN3-2. The van der Waals surface area contributed by atoms with Crippen LogP contribution in [-0.4, -0.2) is 5.84 Å². The van der Waals surface area contributed by atoms with E-state index < -0.39 is 0 Å². The summed E-state index contributed by atoms with van der Waals surface area (Å²) in [5, 5.41) is 4.89. The van der Waals surface area contributed by atoms with Crippen LogP contribution in [0.2, 0.25) is 0 Å². The van der Waals surface area contributed by atoms with Gasteiger partial charge >= 0.3 is 0 Å². The van der Waals surface area contributed by atoms with Gasteiger partial charge in [0.1, 0.15) is 5.84 Å². The molecule has 1 radical (unpaired) electrons. The molecule has 1 unspecified atom stereocenters. The van der Waals surface area contributed by atoms with Crippen molar-refractivity contribution in [3.05, 3.63) is 59.4 Å². The summed E-state index contributed by atoms with van der Waals surface area (Å²) >= 11 is 0. The summed E-state index contributed by atoms with van der Waals surface area (Å²) in [6.07, 6.45) is -0.0367. The van der Waals surface area contributed by atoms with Crippen LogP contribution in [0.4, 0.5) is 17.1 Å². The molecule has 2 aromatic rings. The van der Waals surface area contributed by atoms with Gasteiger partial charge in [0.15, 0.2) is 0 Å². The molecule has 22 heavy (non-hydrogen) atoms. The second-order valence-electron chi connectivity index (χ2n) is 6.52. The number of hydrogen-bond acceptors (Lipinski definition) is 2. The van der Waals surface area contributed by atoms with Crippen LogP contribution in [0.25, 0.3) is 5.32 Å². The first kappa shape index (κ1) is 15.3.